The van der Waals surface area contributed by atoms with Crippen molar-refractivity contribution < 1.29 is 0 Å². The molecule has 0 heterocycles. The fourth-order valence-corrected chi connectivity index (χ4v) is 1.52. The summed E-state index contributed by atoms with van der Waals surface area (Å²) in [6, 6.07) is 8.79. The highest BCUT2D eigenvalue weighted by atomic mass is 14.0. The first-order chi connectivity index (χ1) is 6.36. The van der Waals surface area contributed by atoms with Crippen molar-refractivity contribution in [3.63, 3.8) is 0 Å². The summed E-state index contributed by atoms with van der Waals surface area (Å²) in [5.41, 5.74) is 2.82. The minimum absolute atomic E-state index is 0.904. The SMILES string of the molecule is [CH2]Cc1cccc(CCCCC)c1. The third kappa shape index (κ3) is 3.63. The topological polar surface area (TPSA) is 0 Å². The molecule has 13 heavy (non-hydrogen) atoms. The Kier molecular flexibility index (Phi) is 4.59. The van der Waals surface area contributed by atoms with Crippen LogP contribution >= 0.6 is 0 Å². The molecule has 0 aromatic heterocycles. The van der Waals surface area contributed by atoms with E-state index in [0.29, 0.717) is 0 Å². The quantitative estimate of drug-likeness (QED) is 0.597. The van der Waals surface area contributed by atoms with E-state index in [4.69, 9.17) is 0 Å². The molecule has 71 valence electrons. The van der Waals surface area contributed by atoms with E-state index >= 15 is 0 Å². The normalized spacial score (nSPS) is 10.3. The molecule has 0 aliphatic rings. The van der Waals surface area contributed by atoms with Crippen LogP contribution in [0.3, 0.4) is 0 Å². The Morgan fingerprint density at radius 3 is 2.62 bits per heavy atom. The Balaban J connectivity index is 2.46. The molecule has 0 saturated carbocycles. The molecule has 0 atom stereocenters. The van der Waals surface area contributed by atoms with Gasteiger partial charge in [-0.1, -0.05) is 44.0 Å². The summed E-state index contributed by atoms with van der Waals surface area (Å²) in [4.78, 5) is 0. The van der Waals surface area contributed by atoms with Crippen molar-refractivity contribution >= 4 is 0 Å². The second-order valence-corrected chi connectivity index (χ2v) is 3.53. The van der Waals surface area contributed by atoms with Crippen LogP contribution in [-0.2, 0) is 12.8 Å². The summed E-state index contributed by atoms with van der Waals surface area (Å²) >= 11 is 0. The Bertz CT molecular complexity index is 238. The van der Waals surface area contributed by atoms with Gasteiger partial charge in [-0.15, -0.1) is 0 Å². The van der Waals surface area contributed by atoms with Crippen LogP contribution < -0.4 is 0 Å². The number of hydrogen-bond donors (Lipinski definition) is 0. The van der Waals surface area contributed by atoms with Gasteiger partial charge >= 0.3 is 0 Å². The van der Waals surface area contributed by atoms with E-state index in [1.807, 2.05) is 0 Å². The molecule has 1 aromatic rings. The van der Waals surface area contributed by atoms with E-state index in [0.717, 1.165) is 6.42 Å². The lowest BCUT2D eigenvalue weighted by atomic mass is 10.0. The zero-order valence-electron chi connectivity index (χ0n) is 8.55. The van der Waals surface area contributed by atoms with Crippen LogP contribution in [0.1, 0.15) is 37.3 Å². The molecule has 0 amide bonds. The largest absolute Gasteiger partial charge is 0.0654 e. The lowest BCUT2D eigenvalue weighted by Crippen LogP contribution is -1.87. The molecule has 0 spiro atoms. The van der Waals surface area contributed by atoms with Crippen LogP contribution in [-0.4, -0.2) is 0 Å². The molecule has 0 bridgehead atoms. The second kappa shape index (κ2) is 5.80. The highest BCUT2D eigenvalue weighted by Crippen LogP contribution is 2.09. The van der Waals surface area contributed by atoms with Gasteiger partial charge in [-0.2, -0.15) is 0 Å². The van der Waals surface area contributed by atoms with Crippen molar-refractivity contribution in [2.75, 3.05) is 0 Å². The zero-order valence-corrected chi connectivity index (χ0v) is 8.55. The molecule has 0 aliphatic heterocycles. The molecule has 0 unspecified atom stereocenters. The fourth-order valence-electron chi connectivity index (χ4n) is 1.52. The predicted molar refractivity (Wildman–Crippen MR) is 58.7 cm³/mol. The fraction of sp³-hybridized carbons (Fsp3) is 0.462. The van der Waals surface area contributed by atoms with E-state index in [-0.39, 0.29) is 0 Å². The number of hydrogen-bond acceptors (Lipinski definition) is 0. The molecule has 0 fully saturated rings. The van der Waals surface area contributed by atoms with Gasteiger partial charge in [0.15, 0.2) is 0 Å². The van der Waals surface area contributed by atoms with Gasteiger partial charge in [-0.05, 0) is 37.3 Å². The third-order valence-electron chi connectivity index (χ3n) is 2.35. The van der Waals surface area contributed by atoms with Crippen molar-refractivity contribution in [1.82, 2.24) is 0 Å². The number of benzene rings is 1. The van der Waals surface area contributed by atoms with Crippen LogP contribution in [0.5, 0.6) is 0 Å². The lowest BCUT2D eigenvalue weighted by molar-refractivity contribution is 0.717. The molecule has 0 aliphatic carbocycles. The molecule has 1 radical (unpaired) electrons. The highest BCUT2D eigenvalue weighted by Gasteiger charge is 1.94. The van der Waals surface area contributed by atoms with Gasteiger partial charge in [0.25, 0.3) is 0 Å². The van der Waals surface area contributed by atoms with Crippen LogP contribution in [0.25, 0.3) is 0 Å². The average molecular weight is 175 g/mol. The summed E-state index contributed by atoms with van der Waals surface area (Å²) < 4.78 is 0. The van der Waals surface area contributed by atoms with Crippen LogP contribution in [0, 0.1) is 6.92 Å². The standard InChI is InChI=1S/C13H19/c1-3-5-6-8-13-10-7-9-12(4-2)11-13/h7,9-11H,2-6,8H2,1H3. The van der Waals surface area contributed by atoms with Gasteiger partial charge in [-0.25, -0.2) is 0 Å². The molecular weight excluding hydrogens is 156 g/mol. The number of aryl methyl sites for hydroxylation is 1. The van der Waals surface area contributed by atoms with Gasteiger partial charge in [0.2, 0.25) is 0 Å². The van der Waals surface area contributed by atoms with Gasteiger partial charge < -0.3 is 0 Å². The maximum absolute atomic E-state index is 3.89. The molecule has 0 heteroatoms. The molecule has 0 nitrogen and oxygen atoms in total. The lowest BCUT2D eigenvalue weighted by Gasteiger charge is -2.02. The predicted octanol–water partition coefficient (Wildman–Crippen LogP) is 3.80. The summed E-state index contributed by atoms with van der Waals surface area (Å²) in [6.45, 7) is 6.14. The maximum Gasteiger partial charge on any atom is -0.0279 e. The zero-order chi connectivity index (χ0) is 9.52. The van der Waals surface area contributed by atoms with Crippen LogP contribution in [0.15, 0.2) is 24.3 Å². The van der Waals surface area contributed by atoms with Crippen LogP contribution in [0.2, 0.25) is 0 Å². The molecular formula is C13H19. The first-order valence-electron chi connectivity index (χ1n) is 5.24. The third-order valence-corrected chi connectivity index (χ3v) is 2.35. The average Bonchev–Trinajstić information content (AvgIpc) is 2.19. The van der Waals surface area contributed by atoms with E-state index < -0.39 is 0 Å². The monoisotopic (exact) mass is 175 g/mol. The summed E-state index contributed by atoms with van der Waals surface area (Å²) in [5, 5.41) is 0. The van der Waals surface area contributed by atoms with Gasteiger partial charge in [0, 0.05) is 0 Å². The second-order valence-electron chi connectivity index (χ2n) is 3.53. The minimum atomic E-state index is 0.904. The highest BCUT2D eigenvalue weighted by molar-refractivity contribution is 5.23. The van der Waals surface area contributed by atoms with E-state index in [2.05, 4.69) is 38.1 Å². The van der Waals surface area contributed by atoms with Crippen molar-refractivity contribution in [3.8, 4) is 0 Å². The first-order valence-corrected chi connectivity index (χ1v) is 5.24. The van der Waals surface area contributed by atoms with Crippen LogP contribution in [0.4, 0.5) is 0 Å². The summed E-state index contributed by atoms with van der Waals surface area (Å²) in [7, 11) is 0. The van der Waals surface area contributed by atoms with E-state index in [1.165, 1.54) is 36.8 Å². The molecule has 0 N–H and O–H groups in total. The smallest absolute Gasteiger partial charge is 0.0279 e. The molecule has 0 saturated heterocycles. The molecule has 1 aromatic carbocycles. The van der Waals surface area contributed by atoms with Crippen molar-refractivity contribution in [3.05, 3.63) is 42.3 Å². The maximum atomic E-state index is 3.89. The minimum Gasteiger partial charge on any atom is -0.0654 e. The van der Waals surface area contributed by atoms with Gasteiger partial charge in [0.1, 0.15) is 0 Å². The molecule has 1 rings (SSSR count). The Morgan fingerprint density at radius 2 is 1.92 bits per heavy atom. The van der Waals surface area contributed by atoms with Crippen molar-refractivity contribution in [1.29, 1.82) is 0 Å². The number of unbranched alkanes of at least 4 members (excludes halogenated alkanes) is 2. The Morgan fingerprint density at radius 1 is 1.15 bits per heavy atom. The Labute approximate surface area is 82.0 Å². The Hall–Kier alpha value is -0.780. The van der Waals surface area contributed by atoms with Gasteiger partial charge in [0.05, 0.1) is 0 Å². The summed E-state index contributed by atoms with van der Waals surface area (Å²) in [6.07, 6.45) is 6.09. The summed E-state index contributed by atoms with van der Waals surface area (Å²) in [5.74, 6) is 0. The number of rotatable bonds is 5. The van der Waals surface area contributed by atoms with Gasteiger partial charge in [-0.3, -0.25) is 0 Å². The van der Waals surface area contributed by atoms with E-state index in [9.17, 15) is 0 Å². The van der Waals surface area contributed by atoms with Crippen molar-refractivity contribution in [2.45, 2.75) is 39.0 Å². The van der Waals surface area contributed by atoms with E-state index in [1.54, 1.807) is 0 Å². The first kappa shape index (κ1) is 10.3. The van der Waals surface area contributed by atoms with Crippen molar-refractivity contribution in [2.24, 2.45) is 0 Å².